The van der Waals surface area contributed by atoms with Crippen LogP contribution in [0.25, 0.3) is 33.5 Å². The molecule has 3 heterocycles. The van der Waals surface area contributed by atoms with Crippen LogP contribution in [0.1, 0.15) is 5.56 Å². The van der Waals surface area contributed by atoms with Gasteiger partial charge in [0.25, 0.3) is 11.2 Å². The summed E-state index contributed by atoms with van der Waals surface area (Å²) in [6, 6.07) is 23.0. The maximum absolute atomic E-state index is 13.5. The van der Waals surface area contributed by atoms with Crippen molar-refractivity contribution in [3.8, 4) is 23.2 Å². The van der Waals surface area contributed by atoms with E-state index >= 15 is 0 Å². The highest BCUT2D eigenvalue weighted by molar-refractivity contribution is 14.1. The van der Waals surface area contributed by atoms with E-state index in [1.54, 1.807) is 24.4 Å². The van der Waals surface area contributed by atoms with Crippen LogP contribution in [0.15, 0.2) is 99.4 Å². The van der Waals surface area contributed by atoms with Crippen molar-refractivity contribution < 1.29 is 14.1 Å². The molecular weight excluding hydrogens is 740 g/mol. The van der Waals surface area contributed by atoms with Crippen LogP contribution < -0.4 is 10.3 Å². The number of pyridine rings is 1. The number of ether oxygens (including phenoxy) is 1. The molecule has 3 aromatic carbocycles. The first kappa shape index (κ1) is 26.1. The van der Waals surface area contributed by atoms with E-state index in [4.69, 9.17) is 14.1 Å². The van der Waals surface area contributed by atoms with Gasteiger partial charge in [-0.3, -0.25) is 14.9 Å². The van der Waals surface area contributed by atoms with Gasteiger partial charge in [0.15, 0.2) is 11.5 Å². The molecule has 6 aromatic rings. The summed E-state index contributed by atoms with van der Waals surface area (Å²) in [7, 11) is 0. The van der Waals surface area contributed by atoms with E-state index in [0.29, 0.717) is 33.6 Å². The first-order valence-electron chi connectivity index (χ1n) is 11.7. The van der Waals surface area contributed by atoms with Gasteiger partial charge in [-0.1, -0.05) is 30.3 Å². The third kappa shape index (κ3) is 5.06. The van der Waals surface area contributed by atoms with Crippen LogP contribution in [-0.4, -0.2) is 25.8 Å². The number of nitrogens with zero attached hydrogens (tertiary/aromatic N) is 5. The van der Waals surface area contributed by atoms with Gasteiger partial charge in [-0.05, 0) is 87.1 Å². The van der Waals surface area contributed by atoms with Gasteiger partial charge in [-0.2, -0.15) is 9.78 Å². The molecule has 0 bridgehead atoms. The molecule has 3 aromatic heterocycles. The SMILES string of the molecule is O=c1c2ccccc2nc(-c2cc3ccccc3o2)n1N=Cc1cc(I)c(Oc2ccc([N+](=O)[O-])cn2)c(I)c1. The average Bonchev–Trinajstić information content (AvgIpc) is 3.39. The van der Waals surface area contributed by atoms with E-state index in [2.05, 4.69) is 55.3 Å². The molecule has 0 aliphatic rings. The summed E-state index contributed by atoms with van der Waals surface area (Å²) in [5.41, 5.74) is 1.49. The Hall–Kier alpha value is -4.18. The minimum absolute atomic E-state index is 0.122. The third-order valence-electron chi connectivity index (χ3n) is 5.88. The first-order valence-corrected chi connectivity index (χ1v) is 13.9. The standard InChI is InChI=1S/C28H15I2N5O5/c29-20-11-16(12-21(30)26(20)40-25-10-9-18(15-31-25)35(37)38)14-32-34-27(24-13-17-5-1-4-8-23(17)39-24)33-22-7-3-2-6-19(22)28(34)36/h1-15H. The second kappa shape index (κ2) is 10.8. The average molecular weight is 755 g/mol. The van der Waals surface area contributed by atoms with Gasteiger partial charge in [0, 0.05) is 17.5 Å². The monoisotopic (exact) mass is 755 g/mol. The van der Waals surface area contributed by atoms with Gasteiger partial charge in [0.1, 0.15) is 11.8 Å². The Morgan fingerprint density at radius 1 is 1.00 bits per heavy atom. The zero-order chi connectivity index (χ0) is 27.8. The highest BCUT2D eigenvalue weighted by Gasteiger charge is 2.17. The van der Waals surface area contributed by atoms with E-state index in [0.717, 1.165) is 18.7 Å². The molecule has 0 aliphatic carbocycles. The summed E-state index contributed by atoms with van der Waals surface area (Å²) < 4.78 is 14.7. The summed E-state index contributed by atoms with van der Waals surface area (Å²) in [6.45, 7) is 0. The molecule has 0 aliphatic heterocycles. The van der Waals surface area contributed by atoms with Gasteiger partial charge < -0.3 is 9.15 Å². The van der Waals surface area contributed by atoms with Crippen molar-refractivity contribution >= 4 is 79.0 Å². The fraction of sp³-hybridized carbons (Fsp3) is 0. The lowest BCUT2D eigenvalue weighted by molar-refractivity contribution is -0.385. The highest BCUT2D eigenvalue weighted by Crippen LogP contribution is 2.32. The first-order chi connectivity index (χ1) is 19.4. The largest absolute Gasteiger partial charge is 0.453 e. The lowest BCUT2D eigenvalue weighted by Gasteiger charge is -2.10. The molecule has 10 nitrogen and oxygen atoms in total. The second-order valence-electron chi connectivity index (χ2n) is 8.49. The molecule has 6 rings (SSSR count). The van der Waals surface area contributed by atoms with E-state index in [1.807, 2.05) is 48.5 Å². The summed E-state index contributed by atoms with van der Waals surface area (Å²) in [5, 5.41) is 16.7. The minimum Gasteiger partial charge on any atom is -0.453 e. The Labute approximate surface area is 252 Å². The van der Waals surface area contributed by atoms with E-state index in [1.165, 1.54) is 16.8 Å². The number of nitro groups is 1. The number of hydrogen-bond donors (Lipinski definition) is 0. The topological polar surface area (TPSA) is 126 Å². The van der Waals surface area contributed by atoms with Gasteiger partial charge in [-0.25, -0.2) is 9.97 Å². The lowest BCUT2D eigenvalue weighted by Crippen LogP contribution is -2.20. The summed E-state index contributed by atoms with van der Waals surface area (Å²) in [5.74, 6) is 1.48. The molecule has 196 valence electrons. The van der Waals surface area contributed by atoms with Crippen LogP contribution in [0.5, 0.6) is 11.6 Å². The van der Waals surface area contributed by atoms with E-state index in [-0.39, 0.29) is 23.0 Å². The predicted molar refractivity (Wildman–Crippen MR) is 167 cm³/mol. The summed E-state index contributed by atoms with van der Waals surface area (Å²) >= 11 is 4.26. The van der Waals surface area contributed by atoms with Crippen LogP contribution in [-0.2, 0) is 0 Å². The van der Waals surface area contributed by atoms with Crippen LogP contribution in [0.4, 0.5) is 5.69 Å². The van der Waals surface area contributed by atoms with Crippen molar-refractivity contribution in [3.63, 3.8) is 0 Å². The van der Waals surface area contributed by atoms with Crippen LogP contribution in [0, 0.1) is 17.3 Å². The number of halogens is 2. The zero-order valence-electron chi connectivity index (χ0n) is 20.2. The minimum atomic E-state index is -0.519. The number of fused-ring (bicyclic) bond motifs is 2. The number of hydrogen-bond acceptors (Lipinski definition) is 8. The maximum atomic E-state index is 13.5. The highest BCUT2D eigenvalue weighted by atomic mass is 127. The van der Waals surface area contributed by atoms with Crippen LogP contribution in [0.2, 0.25) is 0 Å². The normalized spacial score (nSPS) is 11.4. The molecule has 12 heteroatoms. The summed E-state index contributed by atoms with van der Waals surface area (Å²) in [4.78, 5) is 32.6. The number of aromatic nitrogens is 3. The van der Waals surface area contributed by atoms with Crippen molar-refractivity contribution in [2.75, 3.05) is 0 Å². The molecule has 0 radical (unpaired) electrons. The Bertz CT molecular complexity index is 1960. The Balaban J connectivity index is 1.38. The van der Waals surface area contributed by atoms with Crippen molar-refractivity contribution in [1.29, 1.82) is 0 Å². The molecule has 0 atom stereocenters. The third-order valence-corrected chi connectivity index (χ3v) is 7.48. The second-order valence-corrected chi connectivity index (χ2v) is 10.8. The van der Waals surface area contributed by atoms with Crippen molar-refractivity contribution in [3.05, 3.63) is 118 Å². The molecule has 0 N–H and O–H groups in total. The van der Waals surface area contributed by atoms with Gasteiger partial charge in [0.2, 0.25) is 11.7 Å². The van der Waals surface area contributed by atoms with Crippen LogP contribution >= 0.6 is 45.2 Å². The molecule has 0 fully saturated rings. The fourth-order valence-corrected chi connectivity index (χ4v) is 6.04. The molecule has 40 heavy (non-hydrogen) atoms. The number of furan rings is 1. The Kier molecular flexibility index (Phi) is 7.02. The number of benzene rings is 3. The molecule has 0 saturated carbocycles. The van der Waals surface area contributed by atoms with Gasteiger partial charge in [-0.15, -0.1) is 0 Å². The summed E-state index contributed by atoms with van der Waals surface area (Å²) in [6.07, 6.45) is 2.72. The molecule has 0 unspecified atom stereocenters. The Morgan fingerprint density at radius 2 is 1.75 bits per heavy atom. The molecular formula is C28H15I2N5O5. The van der Waals surface area contributed by atoms with E-state index in [9.17, 15) is 14.9 Å². The molecule has 0 spiro atoms. The van der Waals surface area contributed by atoms with Crippen molar-refractivity contribution in [2.45, 2.75) is 0 Å². The van der Waals surface area contributed by atoms with Gasteiger partial charge in [0.05, 0.1) is 29.2 Å². The fourth-order valence-electron chi connectivity index (χ4n) is 4.00. The Morgan fingerprint density at radius 3 is 2.48 bits per heavy atom. The van der Waals surface area contributed by atoms with Crippen molar-refractivity contribution in [1.82, 2.24) is 14.6 Å². The molecule has 0 amide bonds. The lowest BCUT2D eigenvalue weighted by atomic mass is 10.2. The van der Waals surface area contributed by atoms with E-state index < -0.39 is 4.92 Å². The number of para-hydroxylation sites is 2. The molecule has 0 saturated heterocycles. The zero-order valence-corrected chi connectivity index (χ0v) is 24.5. The van der Waals surface area contributed by atoms with Crippen LogP contribution in [0.3, 0.4) is 0 Å². The quantitative estimate of drug-likeness (QED) is 0.0777. The van der Waals surface area contributed by atoms with Crippen molar-refractivity contribution in [2.24, 2.45) is 5.10 Å². The van der Waals surface area contributed by atoms with Gasteiger partial charge >= 0.3 is 0 Å². The smallest absolute Gasteiger partial charge is 0.287 e. The predicted octanol–water partition coefficient (Wildman–Crippen LogP) is 7.00. The number of rotatable bonds is 6. The maximum Gasteiger partial charge on any atom is 0.287 e.